The molecule has 2 aliphatic rings. The third-order valence-corrected chi connectivity index (χ3v) is 4.40. The number of carboxylic acids is 1. The molecule has 1 amide bonds. The summed E-state index contributed by atoms with van der Waals surface area (Å²) in [5.41, 5.74) is -1.05. The average molecular weight is 259 g/mol. The normalized spacial score (nSPS) is 27.6. The fourth-order valence-corrected chi connectivity index (χ4v) is 3.38. The van der Waals surface area contributed by atoms with Crippen LogP contribution in [-0.2, 0) is 14.3 Å². The lowest BCUT2D eigenvalue weighted by atomic mass is 9.91. The van der Waals surface area contributed by atoms with Crippen molar-refractivity contribution in [3.8, 4) is 0 Å². The van der Waals surface area contributed by atoms with Gasteiger partial charge in [0.1, 0.15) is 5.54 Å². The molecule has 2 saturated heterocycles. The maximum atomic E-state index is 12.0. The smallest absolute Gasteiger partial charge is 0.329 e. The third kappa shape index (κ3) is 2.74. The van der Waals surface area contributed by atoms with Crippen molar-refractivity contribution in [3.63, 3.8) is 0 Å². The van der Waals surface area contributed by atoms with Crippen molar-refractivity contribution in [3.05, 3.63) is 0 Å². The molecule has 2 fully saturated rings. The zero-order valence-corrected chi connectivity index (χ0v) is 10.4. The van der Waals surface area contributed by atoms with E-state index in [0.29, 0.717) is 32.5 Å². The Balaban J connectivity index is 2.01. The summed E-state index contributed by atoms with van der Waals surface area (Å²) in [7, 11) is 0. The highest BCUT2D eigenvalue weighted by molar-refractivity contribution is 7.99. The highest BCUT2D eigenvalue weighted by Gasteiger charge is 2.42. The summed E-state index contributed by atoms with van der Waals surface area (Å²) >= 11 is 1.73. The number of nitrogens with one attached hydrogen (secondary N) is 1. The van der Waals surface area contributed by atoms with Crippen molar-refractivity contribution in [2.75, 3.05) is 24.7 Å². The van der Waals surface area contributed by atoms with Gasteiger partial charge < -0.3 is 15.2 Å². The number of hydrogen-bond acceptors (Lipinski definition) is 4. The van der Waals surface area contributed by atoms with E-state index in [2.05, 4.69) is 5.32 Å². The minimum absolute atomic E-state index is 0.170. The summed E-state index contributed by atoms with van der Waals surface area (Å²) in [5.74, 6) is 0.310. The molecule has 2 rings (SSSR count). The molecule has 6 heteroatoms. The predicted octanol–water partition coefficient (Wildman–Crippen LogP) is 0.489. The molecule has 0 aromatic carbocycles. The topological polar surface area (TPSA) is 75.6 Å². The van der Waals surface area contributed by atoms with E-state index in [1.165, 1.54) is 0 Å². The summed E-state index contributed by atoms with van der Waals surface area (Å²) < 4.78 is 5.15. The van der Waals surface area contributed by atoms with Gasteiger partial charge in [-0.2, -0.15) is 11.8 Å². The van der Waals surface area contributed by atoms with Crippen LogP contribution in [0.15, 0.2) is 0 Å². The molecule has 17 heavy (non-hydrogen) atoms. The minimum atomic E-state index is -1.05. The van der Waals surface area contributed by atoms with Crippen molar-refractivity contribution < 1.29 is 19.4 Å². The van der Waals surface area contributed by atoms with Crippen molar-refractivity contribution >= 4 is 23.6 Å². The van der Waals surface area contributed by atoms with Crippen LogP contribution in [-0.4, -0.2) is 47.2 Å². The first-order chi connectivity index (χ1) is 8.14. The zero-order chi connectivity index (χ0) is 12.3. The summed E-state index contributed by atoms with van der Waals surface area (Å²) in [6.07, 6.45) is 1.70. The van der Waals surface area contributed by atoms with Gasteiger partial charge in [0, 0.05) is 6.61 Å². The van der Waals surface area contributed by atoms with Crippen molar-refractivity contribution in [1.29, 1.82) is 0 Å². The monoisotopic (exact) mass is 259 g/mol. The first-order valence-electron chi connectivity index (χ1n) is 5.85. The average Bonchev–Trinajstić information content (AvgIpc) is 2.83. The molecule has 0 aromatic rings. The second-order valence-corrected chi connectivity index (χ2v) is 5.77. The lowest BCUT2D eigenvalue weighted by molar-refractivity contribution is -0.148. The van der Waals surface area contributed by atoms with E-state index in [4.69, 9.17) is 4.74 Å². The van der Waals surface area contributed by atoms with Gasteiger partial charge in [0.15, 0.2) is 0 Å². The summed E-state index contributed by atoms with van der Waals surface area (Å²) in [4.78, 5) is 23.3. The fourth-order valence-electron chi connectivity index (χ4n) is 2.19. The molecule has 2 heterocycles. The Hall–Kier alpha value is -0.750. The van der Waals surface area contributed by atoms with Crippen molar-refractivity contribution in [1.82, 2.24) is 5.32 Å². The maximum absolute atomic E-state index is 12.0. The number of thioether (sulfide) groups is 1. The standard InChI is InChI=1S/C11H17NO4S/c13-9(8-1-4-16-7-8)12-11(10(14)15)2-5-17-6-3-11/h8H,1-7H2,(H,12,13)(H,14,15). The number of aliphatic carboxylic acids is 1. The maximum Gasteiger partial charge on any atom is 0.329 e. The first kappa shape index (κ1) is 12.7. The lowest BCUT2D eigenvalue weighted by Crippen LogP contribution is -2.57. The van der Waals surface area contributed by atoms with Crippen LogP contribution in [0.25, 0.3) is 0 Å². The first-order valence-corrected chi connectivity index (χ1v) is 7.00. The number of carbonyl (C=O) groups is 2. The molecule has 1 unspecified atom stereocenters. The van der Waals surface area contributed by atoms with Gasteiger partial charge in [-0.1, -0.05) is 0 Å². The van der Waals surface area contributed by atoms with Gasteiger partial charge in [0.05, 0.1) is 12.5 Å². The van der Waals surface area contributed by atoms with Gasteiger partial charge in [-0.3, -0.25) is 4.79 Å². The van der Waals surface area contributed by atoms with Gasteiger partial charge in [-0.05, 0) is 30.8 Å². The Morgan fingerprint density at radius 3 is 2.59 bits per heavy atom. The highest BCUT2D eigenvalue weighted by Crippen LogP contribution is 2.28. The molecule has 0 aliphatic carbocycles. The number of hydrogen-bond donors (Lipinski definition) is 2. The Kier molecular flexibility index (Phi) is 3.93. The second kappa shape index (κ2) is 5.27. The summed E-state index contributed by atoms with van der Waals surface area (Å²) in [6, 6.07) is 0. The van der Waals surface area contributed by atoms with Crippen LogP contribution in [0.2, 0.25) is 0 Å². The molecule has 2 N–H and O–H groups in total. The van der Waals surface area contributed by atoms with Gasteiger partial charge >= 0.3 is 5.97 Å². The Bertz CT molecular complexity index is 309. The van der Waals surface area contributed by atoms with E-state index in [1.54, 1.807) is 11.8 Å². The van der Waals surface area contributed by atoms with E-state index in [1.807, 2.05) is 0 Å². The van der Waals surface area contributed by atoms with Crippen LogP contribution < -0.4 is 5.32 Å². The van der Waals surface area contributed by atoms with Crippen LogP contribution in [0.5, 0.6) is 0 Å². The number of carboxylic acid groups (broad SMARTS) is 1. The minimum Gasteiger partial charge on any atom is -0.480 e. The molecule has 0 aromatic heterocycles. The van der Waals surface area contributed by atoms with Crippen LogP contribution in [0.1, 0.15) is 19.3 Å². The van der Waals surface area contributed by atoms with Crippen LogP contribution in [0.3, 0.4) is 0 Å². The molecule has 0 radical (unpaired) electrons. The Morgan fingerprint density at radius 1 is 1.35 bits per heavy atom. The molecular formula is C11H17NO4S. The molecule has 96 valence electrons. The number of rotatable bonds is 3. The molecule has 0 bridgehead atoms. The highest BCUT2D eigenvalue weighted by atomic mass is 32.2. The molecule has 0 saturated carbocycles. The van der Waals surface area contributed by atoms with E-state index in [-0.39, 0.29) is 11.8 Å². The lowest BCUT2D eigenvalue weighted by Gasteiger charge is -2.34. The number of carbonyl (C=O) groups excluding carboxylic acids is 1. The van der Waals surface area contributed by atoms with Gasteiger partial charge in [-0.15, -0.1) is 0 Å². The van der Waals surface area contributed by atoms with E-state index in [0.717, 1.165) is 11.5 Å². The molecule has 5 nitrogen and oxygen atoms in total. The van der Waals surface area contributed by atoms with Gasteiger partial charge in [0.2, 0.25) is 5.91 Å². The fraction of sp³-hybridized carbons (Fsp3) is 0.818. The third-order valence-electron chi connectivity index (χ3n) is 3.42. The van der Waals surface area contributed by atoms with Crippen molar-refractivity contribution in [2.45, 2.75) is 24.8 Å². The van der Waals surface area contributed by atoms with E-state index >= 15 is 0 Å². The summed E-state index contributed by atoms with van der Waals surface area (Å²) in [5, 5.41) is 12.1. The molecule has 2 aliphatic heterocycles. The molecule has 0 spiro atoms. The summed E-state index contributed by atoms with van der Waals surface area (Å²) in [6.45, 7) is 1.00. The van der Waals surface area contributed by atoms with E-state index in [9.17, 15) is 14.7 Å². The van der Waals surface area contributed by atoms with E-state index < -0.39 is 11.5 Å². The Morgan fingerprint density at radius 2 is 2.06 bits per heavy atom. The Labute approximate surface area is 104 Å². The largest absolute Gasteiger partial charge is 0.480 e. The van der Waals surface area contributed by atoms with Crippen molar-refractivity contribution in [2.24, 2.45) is 5.92 Å². The van der Waals surface area contributed by atoms with Gasteiger partial charge in [-0.25, -0.2) is 4.79 Å². The molecule has 1 atom stereocenters. The number of ether oxygens (including phenoxy) is 1. The van der Waals surface area contributed by atoms with Crippen LogP contribution in [0, 0.1) is 5.92 Å². The van der Waals surface area contributed by atoms with Gasteiger partial charge in [0.25, 0.3) is 0 Å². The van der Waals surface area contributed by atoms with Crippen LogP contribution in [0.4, 0.5) is 0 Å². The zero-order valence-electron chi connectivity index (χ0n) is 9.61. The predicted molar refractivity (Wildman–Crippen MR) is 64.0 cm³/mol. The second-order valence-electron chi connectivity index (χ2n) is 4.55. The number of amides is 1. The SMILES string of the molecule is O=C(NC1(C(=O)O)CCSCC1)C1CCOC1. The molecular weight excluding hydrogens is 242 g/mol. The van der Waals surface area contributed by atoms with Crippen LogP contribution >= 0.6 is 11.8 Å². The quantitative estimate of drug-likeness (QED) is 0.771.